The van der Waals surface area contributed by atoms with Crippen LogP contribution in [0.15, 0.2) is 16.7 Å². The molecule has 2 heterocycles. The van der Waals surface area contributed by atoms with Crippen LogP contribution in [0.3, 0.4) is 0 Å². The summed E-state index contributed by atoms with van der Waals surface area (Å²) in [4.78, 5) is 4.68. The van der Waals surface area contributed by atoms with E-state index in [9.17, 15) is 0 Å². The Kier molecular flexibility index (Phi) is 1.71. The van der Waals surface area contributed by atoms with E-state index < -0.39 is 0 Å². The number of imidazole rings is 1. The molecule has 2 nitrogen and oxygen atoms in total. The molecule has 0 fully saturated rings. The monoisotopic (exact) mass is 250 g/mol. The van der Waals surface area contributed by atoms with Crippen molar-refractivity contribution in [2.24, 2.45) is 0 Å². The van der Waals surface area contributed by atoms with Gasteiger partial charge in [0.25, 0.3) is 0 Å². The standard InChI is InChI=1S/C11H11BrN2/c1-7-5-8(12)6-14-10-4-2-3-9(10)13-11(7)14/h5-6H,2-4H2,1H3. The molecule has 0 saturated heterocycles. The summed E-state index contributed by atoms with van der Waals surface area (Å²) >= 11 is 3.53. The van der Waals surface area contributed by atoms with E-state index in [0.29, 0.717) is 0 Å². The number of hydrogen-bond acceptors (Lipinski definition) is 1. The molecule has 2 aromatic heterocycles. The Labute approximate surface area is 91.1 Å². The minimum Gasteiger partial charge on any atom is -0.302 e. The van der Waals surface area contributed by atoms with Crippen molar-refractivity contribution in [3.63, 3.8) is 0 Å². The summed E-state index contributed by atoms with van der Waals surface area (Å²) in [6.45, 7) is 2.11. The molecule has 14 heavy (non-hydrogen) atoms. The third kappa shape index (κ3) is 1.05. The van der Waals surface area contributed by atoms with Crippen LogP contribution in [0.2, 0.25) is 0 Å². The number of aryl methyl sites for hydroxylation is 3. The number of halogens is 1. The maximum Gasteiger partial charge on any atom is 0.140 e. The molecule has 1 aliphatic rings. The topological polar surface area (TPSA) is 17.3 Å². The lowest BCUT2D eigenvalue weighted by molar-refractivity contribution is 0.867. The van der Waals surface area contributed by atoms with Crippen LogP contribution >= 0.6 is 15.9 Å². The van der Waals surface area contributed by atoms with Crippen molar-refractivity contribution >= 4 is 21.6 Å². The number of fused-ring (bicyclic) bond motifs is 3. The van der Waals surface area contributed by atoms with Gasteiger partial charge in [0.15, 0.2) is 0 Å². The van der Waals surface area contributed by atoms with Gasteiger partial charge in [0.05, 0.1) is 5.69 Å². The van der Waals surface area contributed by atoms with E-state index in [0.717, 1.165) is 16.5 Å². The molecule has 0 N–H and O–H groups in total. The van der Waals surface area contributed by atoms with Crippen LogP contribution < -0.4 is 0 Å². The van der Waals surface area contributed by atoms with E-state index in [-0.39, 0.29) is 0 Å². The number of pyridine rings is 1. The smallest absolute Gasteiger partial charge is 0.140 e. The first-order chi connectivity index (χ1) is 6.75. The highest BCUT2D eigenvalue weighted by Crippen LogP contribution is 2.26. The van der Waals surface area contributed by atoms with E-state index in [1.807, 2.05) is 0 Å². The molecule has 0 saturated carbocycles. The molecular formula is C11H11BrN2. The van der Waals surface area contributed by atoms with E-state index in [2.05, 4.69) is 44.5 Å². The van der Waals surface area contributed by atoms with Crippen molar-refractivity contribution in [2.75, 3.05) is 0 Å². The first-order valence-corrected chi connectivity index (χ1v) is 5.71. The highest BCUT2D eigenvalue weighted by atomic mass is 79.9. The SMILES string of the molecule is Cc1cc(Br)cn2c3c(nc12)CCC3. The molecule has 72 valence electrons. The van der Waals surface area contributed by atoms with Crippen molar-refractivity contribution in [3.05, 3.63) is 33.7 Å². The zero-order chi connectivity index (χ0) is 9.71. The second-order valence-corrected chi connectivity index (χ2v) is 4.81. The zero-order valence-electron chi connectivity index (χ0n) is 8.05. The molecule has 0 spiro atoms. The first kappa shape index (κ1) is 8.48. The van der Waals surface area contributed by atoms with Crippen LogP contribution in [0, 0.1) is 6.92 Å². The van der Waals surface area contributed by atoms with Gasteiger partial charge in [-0.05, 0) is 53.7 Å². The first-order valence-electron chi connectivity index (χ1n) is 4.91. The van der Waals surface area contributed by atoms with Crippen molar-refractivity contribution in [3.8, 4) is 0 Å². The summed E-state index contributed by atoms with van der Waals surface area (Å²) < 4.78 is 3.37. The van der Waals surface area contributed by atoms with E-state index in [4.69, 9.17) is 0 Å². The minimum absolute atomic E-state index is 1.12. The van der Waals surface area contributed by atoms with Gasteiger partial charge >= 0.3 is 0 Å². The summed E-state index contributed by atoms with van der Waals surface area (Å²) in [6.07, 6.45) is 5.70. The van der Waals surface area contributed by atoms with Crippen LogP contribution in [0.25, 0.3) is 5.65 Å². The molecule has 0 atom stereocenters. The third-order valence-electron chi connectivity index (χ3n) is 2.88. The van der Waals surface area contributed by atoms with Crippen LogP contribution in [0.4, 0.5) is 0 Å². The fourth-order valence-electron chi connectivity index (χ4n) is 2.25. The van der Waals surface area contributed by atoms with Gasteiger partial charge in [-0.15, -0.1) is 0 Å². The number of hydrogen-bond donors (Lipinski definition) is 0. The number of aromatic nitrogens is 2. The fraction of sp³-hybridized carbons (Fsp3) is 0.364. The second-order valence-electron chi connectivity index (χ2n) is 3.89. The summed E-state index contributed by atoms with van der Waals surface area (Å²) in [5.41, 5.74) is 5.07. The van der Waals surface area contributed by atoms with Gasteiger partial charge in [0, 0.05) is 16.4 Å². The van der Waals surface area contributed by atoms with Gasteiger partial charge < -0.3 is 4.40 Å². The van der Waals surface area contributed by atoms with E-state index >= 15 is 0 Å². The largest absolute Gasteiger partial charge is 0.302 e. The van der Waals surface area contributed by atoms with Gasteiger partial charge in [-0.25, -0.2) is 4.98 Å². The Morgan fingerprint density at radius 1 is 1.43 bits per heavy atom. The third-order valence-corrected chi connectivity index (χ3v) is 3.31. The molecule has 3 rings (SSSR count). The molecular weight excluding hydrogens is 240 g/mol. The predicted octanol–water partition coefficient (Wildman–Crippen LogP) is 2.89. The number of rotatable bonds is 0. The van der Waals surface area contributed by atoms with Gasteiger partial charge in [0.1, 0.15) is 5.65 Å². The maximum atomic E-state index is 4.68. The Hall–Kier alpha value is -0.830. The van der Waals surface area contributed by atoms with Crippen LogP contribution in [-0.2, 0) is 12.8 Å². The van der Waals surface area contributed by atoms with Crippen molar-refractivity contribution < 1.29 is 0 Å². The van der Waals surface area contributed by atoms with Crippen LogP contribution in [-0.4, -0.2) is 9.38 Å². The maximum absolute atomic E-state index is 4.68. The van der Waals surface area contributed by atoms with E-state index in [1.54, 1.807) is 0 Å². The fourth-order valence-corrected chi connectivity index (χ4v) is 2.80. The second kappa shape index (κ2) is 2.83. The highest BCUT2D eigenvalue weighted by molar-refractivity contribution is 9.10. The molecule has 0 amide bonds. The summed E-state index contributed by atoms with van der Waals surface area (Å²) in [5, 5.41) is 0. The van der Waals surface area contributed by atoms with Gasteiger partial charge in [-0.2, -0.15) is 0 Å². The molecule has 0 aromatic carbocycles. The Morgan fingerprint density at radius 2 is 2.29 bits per heavy atom. The van der Waals surface area contributed by atoms with Gasteiger partial charge in [0.2, 0.25) is 0 Å². The molecule has 2 aromatic rings. The highest BCUT2D eigenvalue weighted by Gasteiger charge is 2.18. The van der Waals surface area contributed by atoms with Crippen molar-refractivity contribution in [1.82, 2.24) is 9.38 Å². The minimum atomic E-state index is 1.12. The van der Waals surface area contributed by atoms with Gasteiger partial charge in [-0.1, -0.05) is 0 Å². The van der Waals surface area contributed by atoms with Crippen LogP contribution in [0.5, 0.6) is 0 Å². The molecule has 1 aliphatic carbocycles. The molecule has 3 heteroatoms. The van der Waals surface area contributed by atoms with E-state index in [1.165, 1.54) is 29.8 Å². The average Bonchev–Trinajstić information content (AvgIpc) is 2.65. The van der Waals surface area contributed by atoms with Gasteiger partial charge in [-0.3, -0.25) is 0 Å². The van der Waals surface area contributed by atoms with Crippen molar-refractivity contribution in [2.45, 2.75) is 26.2 Å². The molecule has 0 aliphatic heterocycles. The summed E-state index contributed by atoms with van der Waals surface area (Å²) in [6, 6.07) is 2.12. The lowest BCUT2D eigenvalue weighted by Gasteiger charge is -2.01. The number of nitrogens with zero attached hydrogens (tertiary/aromatic N) is 2. The molecule has 0 radical (unpaired) electrons. The predicted molar refractivity (Wildman–Crippen MR) is 59.7 cm³/mol. The lowest BCUT2D eigenvalue weighted by Crippen LogP contribution is -1.92. The Balaban J connectivity index is 2.43. The van der Waals surface area contributed by atoms with Crippen molar-refractivity contribution in [1.29, 1.82) is 0 Å². The zero-order valence-corrected chi connectivity index (χ0v) is 9.63. The lowest BCUT2D eigenvalue weighted by atomic mass is 10.3. The Bertz CT molecular complexity index is 513. The molecule has 0 unspecified atom stereocenters. The summed E-state index contributed by atoms with van der Waals surface area (Å²) in [5.74, 6) is 0. The normalized spacial score (nSPS) is 15.0. The van der Waals surface area contributed by atoms with Crippen LogP contribution in [0.1, 0.15) is 23.4 Å². The molecule has 0 bridgehead atoms. The average molecular weight is 251 g/mol. The summed E-state index contributed by atoms with van der Waals surface area (Å²) in [7, 11) is 0. The Morgan fingerprint density at radius 3 is 3.14 bits per heavy atom. The quantitative estimate of drug-likeness (QED) is 0.703.